The average Bonchev–Trinajstić information content (AvgIpc) is 3.34. The van der Waals surface area contributed by atoms with Crippen LogP contribution in [0.2, 0.25) is 0 Å². The third kappa shape index (κ3) is 3.39. The number of fused-ring (bicyclic) bond motifs is 4. The third-order valence-corrected chi connectivity index (χ3v) is 7.90. The van der Waals surface area contributed by atoms with Crippen molar-refractivity contribution < 1.29 is 0 Å². The minimum Gasteiger partial charge on any atom is -0.310 e. The van der Waals surface area contributed by atoms with Crippen molar-refractivity contribution in [2.75, 3.05) is 4.90 Å². The summed E-state index contributed by atoms with van der Waals surface area (Å²) in [7, 11) is 0. The molecule has 2 nitrogen and oxygen atoms in total. The van der Waals surface area contributed by atoms with E-state index < -0.39 is 0 Å². The van der Waals surface area contributed by atoms with Gasteiger partial charge in [-0.15, -0.1) is 0 Å². The van der Waals surface area contributed by atoms with Crippen molar-refractivity contribution in [2.45, 2.75) is 0 Å². The molecule has 6 aromatic carbocycles. The van der Waals surface area contributed by atoms with Crippen molar-refractivity contribution in [3.05, 3.63) is 146 Å². The number of hydrogen-bond donors (Lipinski definition) is 0. The Bertz CT molecular complexity index is 1970. The smallest absolute Gasteiger partial charge is 0.0541 e. The zero-order chi connectivity index (χ0) is 25.8. The van der Waals surface area contributed by atoms with Crippen LogP contribution in [0, 0.1) is 0 Å². The molecule has 0 saturated carbocycles. The maximum Gasteiger partial charge on any atom is 0.0541 e. The number of para-hydroxylation sites is 1. The van der Waals surface area contributed by atoms with Gasteiger partial charge in [0.25, 0.3) is 0 Å². The molecule has 1 heterocycles. The van der Waals surface area contributed by atoms with Gasteiger partial charge in [0.15, 0.2) is 0 Å². The van der Waals surface area contributed by atoms with Crippen LogP contribution in [0.4, 0.5) is 17.1 Å². The highest BCUT2D eigenvalue weighted by molar-refractivity contribution is 6.18. The Kier molecular flexibility index (Phi) is 4.86. The van der Waals surface area contributed by atoms with Crippen LogP contribution < -0.4 is 4.90 Å². The first-order valence-electron chi connectivity index (χ1n) is 13.3. The average molecular weight is 497 g/mol. The van der Waals surface area contributed by atoms with Crippen LogP contribution in [0.3, 0.4) is 0 Å². The van der Waals surface area contributed by atoms with E-state index in [2.05, 4.69) is 143 Å². The SMILES string of the molecule is c1ccc(N(c2ccc(-c3ccc4c5c(cccc35)-c3ccccc3-4)cc2)c2cccc3cnccc23)cc1. The molecule has 0 spiro atoms. The lowest BCUT2D eigenvalue weighted by atomic mass is 9.94. The highest BCUT2D eigenvalue weighted by Gasteiger charge is 2.22. The molecular formula is C37H24N2. The minimum atomic E-state index is 1.12. The van der Waals surface area contributed by atoms with Crippen molar-refractivity contribution in [2.24, 2.45) is 0 Å². The first-order valence-corrected chi connectivity index (χ1v) is 13.3. The third-order valence-electron chi connectivity index (χ3n) is 7.90. The molecule has 0 atom stereocenters. The quantitative estimate of drug-likeness (QED) is 0.241. The van der Waals surface area contributed by atoms with Crippen molar-refractivity contribution in [3.8, 4) is 33.4 Å². The van der Waals surface area contributed by atoms with Gasteiger partial charge in [0.05, 0.1) is 5.69 Å². The summed E-state index contributed by atoms with van der Waals surface area (Å²) < 4.78 is 0. The predicted octanol–water partition coefficient (Wildman–Crippen LogP) is 10.2. The summed E-state index contributed by atoms with van der Waals surface area (Å²) in [6, 6.07) is 48.1. The standard InChI is InChI=1S/C37H24N2/c1-2-9-27(10-3-1)39(36-15-6-8-26-24-38-23-22-30(26)36)28-18-16-25(17-19-28)29-20-21-35-32-12-5-4-11-31(32)34-14-7-13-33(29)37(34)35/h1-24H. The van der Waals surface area contributed by atoms with E-state index in [4.69, 9.17) is 0 Å². The summed E-state index contributed by atoms with van der Waals surface area (Å²) in [5.74, 6) is 0. The summed E-state index contributed by atoms with van der Waals surface area (Å²) in [6.45, 7) is 0. The summed E-state index contributed by atoms with van der Waals surface area (Å²) in [4.78, 5) is 6.67. The second-order valence-corrected chi connectivity index (χ2v) is 10.0. The number of pyridine rings is 1. The molecule has 0 radical (unpaired) electrons. The Morgan fingerprint density at radius 3 is 1.92 bits per heavy atom. The Hall–Kier alpha value is -5.21. The van der Waals surface area contributed by atoms with Gasteiger partial charge in [0, 0.05) is 34.5 Å². The van der Waals surface area contributed by atoms with Crippen LogP contribution in [-0.4, -0.2) is 4.98 Å². The maximum atomic E-state index is 4.34. The van der Waals surface area contributed by atoms with Crippen molar-refractivity contribution >= 4 is 38.6 Å². The predicted molar refractivity (Wildman–Crippen MR) is 164 cm³/mol. The topological polar surface area (TPSA) is 16.1 Å². The summed E-state index contributed by atoms with van der Waals surface area (Å²) >= 11 is 0. The molecule has 0 bridgehead atoms. The van der Waals surface area contributed by atoms with Gasteiger partial charge in [0.1, 0.15) is 0 Å². The van der Waals surface area contributed by atoms with Crippen LogP contribution in [-0.2, 0) is 0 Å². The lowest BCUT2D eigenvalue weighted by Gasteiger charge is -2.27. The minimum absolute atomic E-state index is 1.12. The molecule has 0 aliphatic heterocycles. The van der Waals surface area contributed by atoms with Gasteiger partial charge in [-0.3, -0.25) is 4.98 Å². The Labute approximate surface area is 227 Å². The van der Waals surface area contributed by atoms with Crippen LogP contribution in [0.5, 0.6) is 0 Å². The molecule has 1 aliphatic carbocycles. The molecule has 8 rings (SSSR count). The van der Waals surface area contributed by atoms with E-state index in [0.717, 1.165) is 22.4 Å². The van der Waals surface area contributed by atoms with Crippen molar-refractivity contribution in [3.63, 3.8) is 0 Å². The fourth-order valence-electron chi connectivity index (χ4n) is 6.15. The van der Waals surface area contributed by atoms with E-state index in [1.165, 1.54) is 49.5 Å². The molecule has 2 heteroatoms. The maximum absolute atomic E-state index is 4.34. The normalized spacial score (nSPS) is 11.6. The monoisotopic (exact) mass is 496 g/mol. The molecule has 0 unspecified atom stereocenters. The fourth-order valence-corrected chi connectivity index (χ4v) is 6.15. The van der Waals surface area contributed by atoms with Crippen LogP contribution in [0.1, 0.15) is 0 Å². The molecule has 0 amide bonds. The van der Waals surface area contributed by atoms with Crippen LogP contribution >= 0.6 is 0 Å². The Morgan fingerprint density at radius 1 is 0.436 bits per heavy atom. The molecule has 0 N–H and O–H groups in total. The van der Waals surface area contributed by atoms with Gasteiger partial charge in [-0.1, -0.05) is 97.1 Å². The summed E-state index contributed by atoms with van der Waals surface area (Å²) in [6.07, 6.45) is 3.80. The Balaban J connectivity index is 1.27. The zero-order valence-corrected chi connectivity index (χ0v) is 21.3. The van der Waals surface area contributed by atoms with Gasteiger partial charge in [-0.25, -0.2) is 0 Å². The molecule has 182 valence electrons. The number of benzene rings is 6. The summed E-state index contributed by atoms with van der Waals surface area (Å²) in [5, 5.41) is 4.96. The molecule has 7 aromatic rings. The molecule has 39 heavy (non-hydrogen) atoms. The fraction of sp³-hybridized carbons (Fsp3) is 0. The zero-order valence-electron chi connectivity index (χ0n) is 21.3. The number of aromatic nitrogens is 1. The van der Waals surface area contributed by atoms with Crippen molar-refractivity contribution in [1.82, 2.24) is 4.98 Å². The van der Waals surface area contributed by atoms with E-state index in [-0.39, 0.29) is 0 Å². The lowest BCUT2D eigenvalue weighted by molar-refractivity contribution is 1.29. The number of anilines is 3. The van der Waals surface area contributed by atoms with Crippen molar-refractivity contribution in [1.29, 1.82) is 0 Å². The van der Waals surface area contributed by atoms with E-state index in [9.17, 15) is 0 Å². The van der Waals surface area contributed by atoms with Gasteiger partial charge in [-0.05, 0) is 80.6 Å². The van der Waals surface area contributed by atoms with Crippen LogP contribution in [0.15, 0.2) is 146 Å². The second-order valence-electron chi connectivity index (χ2n) is 10.0. The van der Waals surface area contributed by atoms with Gasteiger partial charge in [0.2, 0.25) is 0 Å². The molecule has 1 aliphatic rings. The summed E-state index contributed by atoms with van der Waals surface area (Å²) in [5.41, 5.74) is 11.2. The van der Waals surface area contributed by atoms with E-state index in [1.54, 1.807) is 0 Å². The molecule has 0 saturated heterocycles. The molecule has 1 aromatic heterocycles. The van der Waals surface area contributed by atoms with Crippen LogP contribution in [0.25, 0.3) is 54.9 Å². The number of hydrogen-bond acceptors (Lipinski definition) is 2. The van der Waals surface area contributed by atoms with E-state index in [1.807, 2.05) is 12.4 Å². The Morgan fingerprint density at radius 2 is 1.10 bits per heavy atom. The molecular weight excluding hydrogens is 472 g/mol. The first-order chi connectivity index (χ1) is 19.4. The number of rotatable bonds is 4. The van der Waals surface area contributed by atoms with Gasteiger partial charge in [-0.2, -0.15) is 0 Å². The molecule has 0 fully saturated rings. The van der Waals surface area contributed by atoms with E-state index in [0.29, 0.717) is 0 Å². The van der Waals surface area contributed by atoms with Gasteiger partial charge < -0.3 is 4.90 Å². The largest absolute Gasteiger partial charge is 0.310 e. The first kappa shape index (κ1) is 21.8. The van der Waals surface area contributed by atoms with Gasteiger partial charge >= 0.3 is 0 Å². The second kappa shape index (κ2) is 8.68. The van der Waals surface area contributed by atoms with E-state index >= 15 is 0 Å². The highest BCUT2D eigenvalue weighted by atomic mass is 15.1. The lowest BCUT2D eigenvalue weighted by Crippen LogP contribution is -2.10. The number of nitrogens with zero attached hydrogens (tertiary/aromatic N) is 2. The highest BCUT2D eigenvalue weighted by Crippen LogP contribution is 2.49.